The lowest BCUT2D eigenvalue weighted by molar-refractivity contribution is 0.0951. The molecule has 0 bridgehead atoms. The predicted molar refractivity (Wildman–Crippen MR) is 85.8 cm³/mol. The van der Waals surface area contributed by atoms with E-state index in [2.05, 4.69) is 10.5 Å². The van der Waals surface area contributed by atoms with Crippen molar-refractivity contribution < 1.29 is 14.6 Å². The van der Waals surface area contributed by atoms with E-state index in [4.69, 9.17) is 16.3 Å². The zero-order valence-corrected chi connectivity index (χ0v) is 12.7. The highest BCUT2D eigenvalue weighted by Gasteiger charge is 2.10. The largest absolute Gasteiger partial charge is 0.507 e. The standard InChI is InChI=1S/C16H15ClN2O3/c1-2-22-15-6-4-3-5-13(15)16(21)19-18-10-11-9-12(17)7-8-14(11)20/h3-10,20H,2H2,1H3,(H,19,21). The van der Waals surface area contributed by atoms with Crippen molar-refractivity contribution in [2.75, 3.05) is 6.61 Å². The average Bonchev–Trinajstić information content (AvgIpc) is 2.51. The molecular formula is C16H15ClN2O3. The van der Waals surface area contributed by atoms with Crippen molar-refractivity contribution in [3.8, 4) is 11.5 Å². The first-order valence-electron chi connectivity index (χ1n) is 6.65. The quantitative estimate of drug-likeness (QED) is 0.657. The second-order valence-electron chi connectivity index (χ2n) is 4.33. The number of phenols is 1. The Balaban J connectivity index is 2.10. The van der Waals surface area contributed by atoms with Crippen LogP contribution < -0.4 is 10.2 Å². The van der Waals surface area contributed by atoms with Gasteiger partial charge >= 0.3 is 0 Å². The fourth-order valence-corrected chi connectivity index (χ4v) is 1.97. The van der Waals surface area contributed by atoms with Crippen molar-refractivity contribution in [3.05, 3.63) is 58.6 Å². The van der Waals surface area contributed by atoms with Gasteiger partial charge in [0.25, 0.3) is 5.91 Å². The molecule has 0 atom stereocenters. The van der Waals surface area contributed by atoms with Crippen LogP contribution in [0.3, 0.4) is 0 Å². The molecule has 6 heteroatoms. The molecule has 0 aliphatic carbocycles. The van der Waals surface area contributed by atoms with Crippen LogP contribution in [-0.2, 0) is 0 Å². The molecule has 114 valence electrons. The first-order chi connectivity index (χ1) is 10.6. The van der Waals surface area contributed by atoms with Gasteiger partial charge in [-0.2, -0.15) is 5.10 Å². The molecular weight excluding hydrogens is 304 g/mol. The molecule has 22 heavy (non-hydrogen) atoms. The number of carbonyl (C=O) groups is 1. The molecule has 0 spiro atoms. The van der Waals surface area contributed by atoms with Gasteiger partial charge in [-0.1, -0.05) is 23.7 Å². The third kappa shape index (κ3) is 3.99. The van der Waals surface area contributed by atoms with Gasteiger partial charge in [-0.15, -0.1) is 0 Å². The number of nitrogens with one attached hydrogen (secondary N) is 1. The van der Waals surface area contributed by atoms with Crippen LogP contribution >= 0.6 is 11.6 Å². The highest BCUT2D eigenvalue weighted by atomic mass is 35.5. The molecule has 0 aliphatic heterocycles. The van der Waals surface area contributed by atoms with E-state index in [0.29, 0.717) is 28.5 Å². The molecule has 2 rings (SSSR count). The Morgan fingerprint density at radius 1 is 1.36 bits per heavy atom. The van der Waals surface area contributed by atoms with E-state index in [9.17, 15) is 9.90 Å². The molecule has 0 heterocycles. The molecule has 0 aromatic heterocycles. The van der Waals surface area contributed by atoms with Gasteiger partial charge in [-0.25, -0.2) is 5.43 Å². The average molecular weight is 319 g/mol. The summed E-state index contributed by atoms with van der Waals surface area (Å²) < 4.78 is 5.39. The Hall–Kier alpha value is -2.53. The number of ether oxygens (including phenoxy) is 1. The summed E-state index contributed by atoms with van der Waals surface area (Å²) in [5, 5.41) is 13.9. The monoisotopic (exact) mass is 318 g/mol. The van der Waals surface area contributed by atoms with E-state index in [1.807, 2.05) is 6.92 Å². The van der Waals surface area contributed by atoms with Crippen LogP contribution in [0.4, 0.5) is 0 Å². The predicted octanol–water partition coefficient (Wildman–Crippen LogP) is 3.21. The van der Waals surface area contributed by atoms with E-state index < -0.39 is 5.91 Å². The third-order valence-electron chi connectivity index (χ3n) is 2.79. The molecule has 0 fully saturated rings. The number of aromatic hydroxyl groups is 1. The van der Waals surface area contributed by atoms with Crippen LogP contribution in [0.2, 0.25) is 5.02 Å². The SMILES string of the molecule is CCOc1ccccc1C(=O)NN=Cc1cc(Cl)ccc1O. The summed E-state index contributed by atoms with van der Waals surface area (Å²) in [6.07, 6.45) is 1.32. The number of amides is 1. The summed E-state index contributed by atoms with van der Waals surface area (Å²) in [4.78, 5) is 12.1. The van der Waals surface area contributed by atoms with Crippen LogP contribution in [-0.4, -0.2) is 23.8 Å². The molecule has 0 saturated carbocycles. The number of hydrazone groups is 1. The molecule has 0 unspecified atom stereocenters. The number of nitrogens with zero attached hydrogens (tertiary/aromatic N) is 1. The maximum atomic E-state index is 12.1. The summed E-state index contributed by atoms with van der Waals surface area (Å²) in [6, 6.07) is 11.4. The van der Waals surface area contributed by atoms with Gasteiger partial charge in [-0.3, -0.25) is 4.79 Å². The minimum atomic E-state index is -0.401. The van der Waals surface area contributed by atoms with Gasteiger partial charge in [0.1, 0.15) is 11.5 Å². The van der Waals surface area contributed by atoms with Crippen LogP contribution in [0.5, 0.6) is 11.5 Å². The van der Waals surface area contributed by atoms with Crippen molar-refractivity contribution in [2.45, 2.75) is 6.92 Å². The van der Waals surface area contributed by atoms with Crippen LogP contribution in [0.25, 0.3) is 0 Å². The Kier molecular flexibility index (Phi) is 5.38. The second-order valence-corrected chi connectivity index (χ2v) is 4.77. The number of hydrogen-bond donors (Lipinski definition) is 2. The molecule has 5 nitrogen and oxygen atoms in total. The third-order valence-corrected chi connectivity index (χ3v) is 3.03. The van der Waals surface area contributed by atoms with Crippen molar-refractivity contribution in [1.29, 1.82) is 0 Å². The van der Waals surface area contributed by atoms with Crippen molar-refractivity contribution in [2.24, 2.45) is 5.10 Å². The lowest BCUT2D eigenvalue weighted by Gasteiger charge is -2.08. The molecule has 0 aliphatic rings. The number of halogens is 1. The van der Waals surface area contributed by atoms with Crippen LogP contribution in [0.1, 0.15) is 22.8 Å². The fourth-order valence-electron chi connectivity index (χ4n) is 1.79. The van der Waals surface area contributed by atoms with Crippen LogP contribution in [0, 0.1) is 0 Å². The Labute approximate surface area is 133 Å². The maximum Gasteiger partial charge on any atom is 0.275 e. The topological polar surface area (TPSA) is 70.9 Å². The summed E-state index contributed by atoms with van der Waals surface area (Å²) in [7, 11) is 0. The van der Waals surface area contributed by atoms with Crippen molar-refractivity contribution >= 4 is 23.7 Å². The molecule has 0 saturated heterocycles. The minimum absolute atomic E-state index is 0.0251. The first-order valence-corrected chi connectivity index (χ1v) is 7.03. The zero-order valence-electron chi connectivity index (χ0n) is 11.9. The van der Waals surface area contributed by atoms with Crippen molar-refractivity contribution in [3.63, 3.8) is 0 Å². The highest BCUT2D eigenvalue weighted by Crippen LogP contribution is 2.20. The molecule has 2 aromatic rings. The summed E-state index contributed by atoms with van der Waals surface area (Å²) in [6.45, 7) is 2.30. The van der Waals surface area contributed by atoms with Crippen molar-refractivity contribution in [1.82, 2.24) is 5.43 Å². The maximum absolute atomic E-state index is 12.1. The van der Waals surface area contributed by atoms with E-state index in [-0.39, 0.29) is 5.75 Å². The molecule has 2 aromatic carbocycles. The van der Waals surface area contributed by atoms with Gasteiger partial charge in [0.05, 0.1) is 18.4 Å². The molecule has 2 N–H and O–H groups in total. The lowest BCUT2D eigenvalue weighted by atomic mass is 10.2. The zero-order chi connectivity index (χ0) is 15.9. The normalized spacial score (nSPS) is 10.6. The Morgan fingerprint density at radius 2 is 2.14 bits per heavy atom. The number of carbonyl (C=O) groups excluding carboxylic acids is 1. The summed E-state index contributed by atoms with van der Waals surface area (Å²) in [5.74, 6) is 0.113. The Bertz CT molecular complexity index is 702. The number of para-hydroxylation sites is 1. The lowest BCUT2D eigenvalue weighted by Crippen LogP contribution is -2.18. The van der Waals surface area contributed by atoms with E-state index in [0.717, 1.165) is 0 Å². The number of phenolic OH excluding ortho intramolecular Hbond substituents is 1. The number of benzene rings is 2. The number of rotatable bonds is 5. The number of hydrogen-bond acceptors (Lipinski definition) is 4. The smallest absolute Gasteiger partial charge is 0.275 e. The van der Waals surface area contributed by atoms with Gasteiger partial charge in [0.15, 0.2) is 0 Å². The second kappa shape index (κ2) is 7.47. The van der Waals surface area contributed by atoms with E-state index in [1.165, 1.54) is 12.3 Å². The minimum Gasteiger partial charge on any atom is -0.507 e. The summed E-state index contributed by atoms with van der Waals surface area (Å²) in [5.41, 5.74) is 3.18. The van der Waals surface area contributed by atoms with Gasteiger partial charge in [0, 0.05) is 10.6 Å². The van der Waals surface area contributed by atoms with E-state index >= 15 is 0 Å². The molecule has 0 radical (unpaired) electrons. The first kappa shape index (κ1) is 15.9. The van der Waals surface area contributed by atoms with Crippen LogP contribution in [0.15, 0.2) is 47.6 Å². The summed E-state index contributed by atoms with van der Waals surface area (Å²) >= 11 is 5.83. The highest BCUT2D eigenvalue weighted by molar-refractivity contribution is 6.30. The van der Waals surface area contributed by atoms with Gasteiger partial charge < -0.3 is 9.84 Å². The Morgan fingerprint density at radius 3 is 2.91 bits per heavy atom. The van der Waals surface area contributed by atoms with E-state index in [1.54, 1.807) is 36.4 Å². The molecule has 1 amide bonds. The van der Waals surface area contributed by atoms with Gasteiger partial charge in [0.2, 0.25) is 0 Å². The van der Waals surface area contributed by atoms with Gasteiger partial charge in [-0.05, 0) is 37.3 Å². The fraction of sp³-hybridized carbons (Fsp3) is 0.125.